The first-order chi connectivity index (χ1) is 16.0. The minimum absolute atomic E-state index is 0.208. The van der Waals surface area contributed by atoms with E-state index < -0.39 is 0 Å². The highest BCUT2D eigenvalue weighted by atomic mass is 32.1. The van der Waals surface area contributed by atoms with Gasteiger partial charge in [-0.15, -0.1) is 11.3 Å². The summed E-state index contributed by atoms with van der Waals surface area (Å²) in [5.41, 5.74) is 5.77. The zero-order valence-corrected chi connectivity index (χ0v) is 19.6. The van der Waals surface area contributed by atoms with Crippen LogP contribution >= 0.6 is 11.3 Å². The van der Waals surface area contributed by atoms with Gasteiger partial charge in [-0.3, -0.25) is 19.5 Å². The summed E-state index contributed by atoms with van der Waals surface area (Å²) >= 11 is 1.50. The number of aromatic nitrogens is 1. The van der Waals surface area contributed by atoms with E-state index in [1.54, 1.807) is 12.4 Å². The van der Waals surface area contributed by atoms with Crippen molar-refractivity contribution in [2.75, 3.05) is 31.1 Å². The Balaban J connectivity index is 1.42. The number of pyridine rings is 1. The van der Waals surface area contributed by atoms with Gasteiger partial charge in [-0.1, -0.05) is 18.2 Å². The monoisotopic (exact) mass is 458 g/mol. The molecule has 7 heteroatoms. The Bertz CT molecular complexity index is 1210. The van der Waals surface area contributed by atoms with E-state index in [-0.39, 0.29) is 18.4 Å². The molecule has 2 aliphatic heterocycles. The lowest BCUT2D eigenvalue weighted by Gasteiger charge is -2.38. The minimum Gasteiger partial charge on any atom is -0.368 e. The van der Waals surface area contributed by atoms with Gasteiger partial charge in [0.25, 0.3) is 11.8 Å². The predicted molar refractivity (Wildman–Crippen MR) is 131 cm³/mol. The van der Waals surface area contributed by atoms with Crippen LogP contribution in [-0.4, -0.2) is 52.8 Å². The van der Waals surface area contributed by atoms with Gasteiger partial charge in [0.15, 0.2) is 0 Å². The second-order valence-corrected chi connectivity index (χ2v) is 9.39. The molecule has 0 unspecified atom stereocenters. The van der Waals surface area contributed by atoms with Crippen molar-refractivity contribution in [1.29, 1.82) is 0 Å². The molecule has 33 heavy (non-hydrogen) atoms. The van der Waals surface area contributed by atoms with Gasteiger partial charge >= 0.3 is 0 Å². The van der Waals surface area contributed by atoms with Crippen molar-refractivity contribution in [2.24, 2.45) is 0 Å². The van der Waals surface area contributed by atoms with E-state index in [2.05, 4.69) is 46.8 Å². The van der Waals surface area contributed by atoms with Crippen molar-refractivity contribution in [3.05, 3.63) is 87.5 Å². The first-order valence-electron chi connectivity index (χ1n) is 11.1. The van der Waals surface area contributed by atoms with Crippen molar-refractivity contribution in [2.45, 2.75) is 20.4 Å². The van der Waals surface area contributed by atoms with Crippen LogP contribution in [-0.2, 0) is 16.1 Å². The number of piperazine rings is 1. The quantitative estimate of drug-likeness (QED) is 0.544. The Morgan fingerprint density at radius 2 is 1.61 bits per heavy atom. The van der Waals surface area contributed by atoms with Crippen LogP contribution in [0.4, 0.5) is 5.69 Å². The van der Waals surface area contributed by atoms with Crippen LogP contribution in [0.25, 0.3) is 5.57 Å². The number of imide groups is 1. The lowest BCUT2D eigenvalue weighted by Crippen LogP contribution is -2.47. The number of carbonyl (C=O) groups excluding carboxylic acids is 2. The molecular weight excluding hydrogens is 432 g/mol. The van der Waals surface area contributed by atoms with Crippen LogP contribution in [0.3, 0.4) is 0 Å². The molecule has 6 nitrogen and oxygen atoms in total. The first-order valence-corrected chi connectivity index (χ1v) is 12.0. The standard InChI is InChI=1S/C26H26N4O2S/c1-18-5-3-6-21(19(18)2)28-12-14-29(15-13-28)24-23(22-7-4-16-33-22)25(31)30(26(24)32)17-20-8-10-27-11-9-20/h3-11,16H,12-15,17H2,1-2H3. The fraction of sp³-hybridized carbons (Fsp3) is 0.269. The van der Waals surface area contributed by atoms with E-state index in [0.29, 0.717) is 24.4 Å². The van der Waals surface area contributed by atoms with Crippen LogP contribution in [0.2, 0.25) is 0 Å². The Hall–Kier alpha value is -3.45. The maximum absolute atomic E-state index is 13.6. The molecule has 3 aromatic rings. The summed E-state index contributed by atoms with van der Waals surface area (Å²) in [5, 5.41) is 1.95. The molecule has 5 rings (SSSR count). The molecule has 2 aromatic heterocycles. The molecule has 2 amide bonds. The highest BCUT2D eigenvalue weighted by Gasteiger charge is 2.42. The normalized spacial score (nSPS) is 16.8. The number of nitrogens with zero attached hydrogens (tertiary/aromatic N) is 4. The molecule has 0 atom stereocenters. The van der Waals surface area contributed by atoms with E-state index in [4.69, 9.17) is 0 Å². The van der Waals surface area contributed by atoms with E-state index in [9.17, 15) is 9.59 Å². The smallest absolute Gasteiger partial charge is 0.278 e. The second kappa shape index (κ2) is 8.83. The topological polar surface area (TPSA) is 56.8 Å². The lowest BCUT2D eigenvalue weighted by molar-refractivity contribution is -0.138. The molecule has 0 radical (unpaired) electrons. The number of benzene rings is 1. The van der Waals surface area contributed by atoms with Gasteiger partial charge in [-0.05, 0) is 60.2 Å². The molecule has 168 valence electrons. The maximum Gasteiger partial charge on any atom is 0.278 e. The van der Waals surface area contributed by atoms with E-state index >= 15 is 0 Å². The van der Waals surface area contributed by atoms with Crippen LogP contribution in [0.5, 0.6) is 0 Å². The zero-order valence-electron chi connectivity index (χ0n) is 18.8. The predicted octanol–water partition coefficient (Wildman–Crippen LogP) is 3.86. The number of aryl methyl sites for hydroxylation is 1. The highest BCUT2D eigenvalue weighted by molar-refractivity contribution is 7.11. The Morgan fingerprint density at radius 1 is 0.879 bits per heavy atom. The summed E-state index contributed by atoms with van der Waals surface area (Å²) < 4.78 is 0. The van der Waals surface area contributed by atoms with E-state index in [1.165, 1.54) is 33.1 Å². The fourth-order valence-corrected chi connectivity index (χ4v) is 5.33. The van der Waals surface area contributed by atoms with Crippen molar-refractivity contribution in [3.8, 4) is 0 Å². The summed E-state index contributed by atoms with van der Waals surface area (Å²) in [7, 11) is 0. The molecule has 0 spiro atoms. The first kappa shape index (κ1) is 21.4. The third-order valence-corrected chi connectivity index (χ3v) is 7.40. The van der Waals surface area contributed by atoms with E-state index in [1.807, 2.05) is 29.6 Å². The van der Waals surface area contributed by atoms with Gasteiger partial charge in [-0.2, -0.15) is 0 Å². The highest BCUT2D eigenvalue weighted by Crippen LogP contribution is 2.35. The van der Waals surface area contributed by atoms with Gasteiger partial charge in [0.05, 0.1) is 12.1 Å². The number of hydrogen-bond donors (Lipinski definition) is 0. The zero-order chi connectivity index (χ0) is 22.9. The molecule has 0 bridgehead atoms. The van der Waals surface area contributed by atoms with Crippen LogP contribution in [0, 0.1) is 13.8 Å². The van der Waals surface area contributed by atoms with Gasteiger partial charge in [0, 0.05) is 49.1 Å². The van der Waals surface area contributed by atoms with Gasteiger partial charge in [0.2, 0.25) is 0 Å². The second-order valence-electron chi connectivity index (χ2n) is 8.45. The fourth-order valence-electron chi connectivity index (χ4n) is 4.56. The number of anilines is 1. The summed E-state index contributed by atoms with van der Waals surface area (Å²) in [5.74, 6) is -0.424. The number of amides is 2. The summed E-state index contributed by atoms with van der Waals surface area (Å²) in [6.07, 6.45) is 3.36. The molecule has 1 fully saturated rings. The van der Waals surface area contributed by atoms with Gasteiger partial charge < -0.3 is 9.80 Å². The number of thiophene rings is 1. The largest absolute Gasteiger partial charge is 0.368 e. The maximum atomic E-state index is 13.6. The van der Waals surface area contributed by atoms with Crippen molar-refractivity contribution < 1.29 is 9.59 Å². The number of hydrogen-bond acceptors (Lipinski definition) is 6. The molecule has 0 aliphatic carbocycles. The summed E-state index contributed by atoms with van der Waals surface area (Å²) in [6, 6.07) is 13.9. The average molecular weight is 459 g/mol. The molecule has 0 saturated carbocycles. The van der Waals surface area contributed by atoms with Crippen molar-refractivity contribution >= 4 is 34.4 Å². The third-order valence-electron chi connectivity index (χ3n) is 6.51. The summed E-state index contributed by atoms with van der Waals surface area (Å²) in [4.78, 5) is 37.7. The van der Waals surface area contributed by atoms with Gasteiger partial charge in [-0.25, -0.2) is 0 Å². The SMILES string of the molecule is Cc1cccc(N2CCN(C3=C(c4cccs4)C(=O)N(Cc4ccncc4)C3=O)CC2)c1C. The lowest BCUT2D eigenvalue weighted by atomic mass is 10.1. The summed E-state index contributed by atoms with van der Waals surface area (Å²) in [6.45, 7) is 7.53. The Kier molecular flexibility index (Phi) is 5.72. The van der Waals surface area contributed by atoms with Gasteiger partial charge in [0.1, 0.15) is 5.70 Å². The Morgan fingerprint density at radius 3 is 2.30 bits per heavy atom. The van der Waals surface area contributed by atoms with Crippen LogP contribution in [0.1, 0.15) is 21.6 Å². The molecule has 4 heterocycles. The van der Waals surface area contributed by atoms with E-state index in [0.717, 1.165) is 23.5 Å². The van der Waals surface area contributed by atoms with Crippen molar-refractivity contribution in [1.82, 2.24) is 14.8 Å². The minimum atomic E-state index is -0.216. The van der Waals surface area contributed by atoms with Crippen molar-refractivity contribution in [3.63, 3.8) is 0 Å². The number of rotatable bonds is 5. The number of carbonyl (C=O) groups is 2. The molecular formula is C26H26N4O2S. The molecule has 2 aliphatic rings. The molecule has 1 aromatic carbocycles. The average Bonchev–Trinajstić information content (AvgIpc) is 3.44. The van der Waals surface area contributed by atoms with Crippen LogP contribution in [0.15, 0.2) is 65.9 Å². The van der Waals surface area contributed by atoms with Crippen LogP contribution < -0.4 is 4.90 Å². The molecule has 1 saturated heterocycles. The molecule has 0 N–H and O–H groups in total. The Labute approximate surface area is 197 Å². The third kappa shape index (κ3) is 3.93.